The maximum atomic E-state index is 13.2. The third-order valence-corrected chi connectivity index (χ3v) is 5.32. The van der Waals surface area contributed by atoms with Gasteiger partial charge in [-0.15, -0.1) is 4.28 Å². The first-order valence-electron chi connectivity index (χ1n) is 9.64. The molecule has 2 heterocycles. The standard InChI is InChI=1S/C20H19ClF3N5O4S/c1-12(13-6-7-18(25-10-13)28(2)33-34(31)32)19(30)26-11-16-9-17(20(22,23)24)27-29(16)15-5-3-4-14(21)8-15/h3-10,12H,11H2,1-2H3,(H,26,30)(H,31,32). The van der Waals surface area contributed by atoms with Gasteiger partial charge in [0.2, 0.25) is 5.91 Å². The molecule has 0 aliphatic heterocycles. The Morgan fingerprint density at radius 2 is 2.06 bits per heavy atom. The monoisotopic (exact) mass is 517 g/mol. The third-order valence-electron chi connectivity index (χ3n) is 4.73. The number of amides is 1. The summed E-state index contributed by atoms with van der Waals surface area (Å²) in [5.41, 5.74) is -0.159. The quantitative estimate of drug-likeness (QED) is 0.345. The van der Waals surface area contributed by atoms with E-state index in [0.29, 0.717) is 16.3 Å². The molecule has 0 aliphatic rings. The van der Waals surface area contributed by atoms with Crippen molar-refractivity contribution in [1.29, 1.82) is 0 Å². The normalized spacial score (nSPS) is 13.4. The van der Waals surface area contributed by atoms with Gasteiger partial charge in [0.25, 0.3) is 0 Å². The van der Waals surface area contributed by atoms with E-state index in [2.05, 4.69) is 19.7 Å². The summed E-state index contributed by atoms with van der Waals surface area (Å²) in [4.78, 5) is 16.7. The molecule has 0 aliphatic carbocycles. The Morgan fingerprint density at radius 3 is 2.65 bits per heavy atom. The van der Waals surface area contributed by atoms with Gasteiger partial charge in [-0.1, -0.05) is 23.7 Å². The van der Waals surface area contributed by atoms with Crippen LogP contribution < -0.4 is 10.4 Å². The largest absolute Gasteiger partial charge is 0.435 e. The number of aromatic nitrogens is 3. The predicted molar refractivity (Wildman–Crippen MR) is 118 cm³/mol. The van der Waals surface area contributed by atoms with Crippen molar-refractivity contribution in [3.8, 4) is 5.69 Å². The smallest absolute Gasteiger partial charge is 0.350 e. The average molecular weight is 518 g/mol. The molecule has 1 amide bonds. The summed E-state index contributed by atoms with van der Waals surface area (Å²) in [5, 5.41) is 7.56. The summed E-state index contributed by atoms with van der Waals surface area (Å²) in [6.07, 6.45) is -3.28. The molecule has 0 saturated carbocycles. The molecule has 2 aromatic heterocycles. The fourth-order valence-electron chi connectivity index (χ4n) is 2.97. The van der Waals surface area contributed by atoms with Gasteiger partial charge in [0.1, 0.15) is 0 Å². The molecule has 182 valence electrons. The lowest BCUT2D eigenvalue weighted by Gasteiger charge is -2.16. The van der Waals surface area contributed by atoms with E-state index in [1.54, 1.807) is 31.2 Å². The first-order chi connectivity index (χ1) is 16.0. The number of hydroxylamine groups is 1. The Morgan fingerprint density at radius 1 is 1.32 bits per heavy atom. The maximum absolute atomic E-state index is 13.2. The minimum Gasteiger partial charge on any atom is -0.350 e. The number of carbonyl (C=O) groups excluding carboxylic acids is 1. The van der Waals surface area contributed by atoms with Crippen LogP contribution in [0.15, 0.2) is 48.7 Å². The minimum atomic E-state index is -4.66. The van der Waals surface area contributed by atoms with Gasteiger partial charge in [0, 0.05) is 18.3 Å². The highest BCUT2D eigenvalue weighted by Gasteiger charge is 2.35. The molecule has 14 heteroatoms. The number of pyridine rings is 1. The molecular formula is C20H19ClF3N5O4S. The average Bonchev–Trinajstić information content (AvgIpc) is 3.21. The molecule has 1 aromatic carbocycles. The molecule has 2 atom stereocenters. The number of hydrogen-bond donors (Lipinski definition) is 2. The topological polar surface area (TPSA) is 110 Å². The third kappa shape index (κ3) is 6.32. The molecule has 0 saturated heterocycles. The summed E-state index contributed by atoms with van der Waals surface area (Å²) in [5.74, 6) is -0.920. The van der Waals surface area contributed by atoms with Gasteiger partial charge in [-0.25, -0.2) is 14.7 Å². The first-order valence-corrected chi connectivity index (χ1v) is 11.1. The minimum absolute atomic E-state index is 0.111. The second kappa shape index (κ2) is 10.5. The number of carbonyl (C=O) groups is 1. The number of benzene rings is 1. The van der Waals surface area contributed by atoms with Crippen molar-refractivity contribution in [2.24, 2.45) is 0 Å². The maximum Gasteiger partial charge on any atom is 0.435 e. The summed E-state index contributed by atoms with van der Waals surface area (Å²) < 4.78 is 64.9. The summed E-state index contributed by atoms with van der Waals surface area (Å²) in [6.45, 7) is 1.38. The SMILES string of the molecule is CC(C(=O)NCc1cc(C(F)(F)F)nn1-c1cccc(Cl)c1)c1ccc(N(C)OS(=O)O)nc1. The molecule has 0 fully saturated rings. The van der Waals surface area contributed by atoms with E-state index in [1.807, 2.05) is 0 Å². The van der Waals surface area contributed by atoms with Crippen molar-refractivity contribution in [2.45, 2.75) is 25.6 Å². The number of rotatable bonds is 8. The van der Waals surface area contributed by atoms with Gasteiger partial charge in [0.15, 0.2) is 11.5 Å². The Balaban J connectivity index is 1.75. The number of nitrogens with one attached hydrogen (secondary N) is 1. The van der Waals surface area contributed by atoms with Crippen LogP contribution in [0.3, 0.4) is 0 Å². The predicted octanol–water partition coefficient (Wildman–Crippen LogP) is 3.86. The van der Waals surface area contributed by atoms with E-state index in [1.165, 1.54) is 25.4 Å². The molecular weight excluding hydrogens is 499 g/mol. The Kier molecular flexibility index (Phi) is 7.92. The van der Waals surface area contributed by atoms with Gasteiger partial charge in [-0.05, 0) is 42.8 Å². The fourth-order valence-corrected chi connectivity index (χ4v) is 3.42. The van der Waals surface area contributed by atoms with Crippen molar-refractivity contribution in [3.05, 3.63) is 70.6 Å². The van der Waals surface area contributed by atoms with Crippen LogP contribution in [0.5, 0.6) is 0 Å². The molecule has 2 unspecified atom stereocenters. The number of hydrogen-bond acceptors (Lipinski definition) is 6. The number of halogens is 4. The van der Waals surface area contributed by atoms with Crippen LogP contribution in [0, 0.1) is 0 Å². The fraction of sp³-hybridized carbons (Fsp3) is 0.250. The van der Waals surface area contributed by atoms with E-state index < -0.39 is 35.1 Å². The lowest BCUT2D eigenvalue weighted by Crippen LogP contribution is -2.28. The highest BCUT2D eigenvalue weighted by molar-refractivity contribution is 7.74. The molecule has 0 bridgehead atoms. The summed E-state index contributed by atoms with van der Waals surface area (Å²) in [6, 6.07) is 10.1. The van der Waals surface area contributed by atoms with Crippen LogP contribution in [-0.4, -0.2) is 36.5 Å². The van der Waals surface area contributed by atoms with Crippen LogP contribution in [0.2, 0.25) is 5.02 Å². The van der Waals surface area contributed by atoms with E-state index >= 15 is 0 Å². The Hall–Kier alpha value is -3.00. The van der Waals surface area contributed by atoms with E-state index in [9.17, 15) is 22.2 Å². The van der Waals surface area contributed by atoms with Crippen LogP contribution in [-0.2, 0) is 33.2 Å². The molecule has 2 N–H and O–H groups in total. The Labute approximate surface area is 199 Å². The number of nitrogens with zero attached hydrogens (tertiary/aromatic N) is 4. The zero-order valence-corrected chi connectivity index (χ0v) is 19.4. The van der Waals surface area contributed by atoms with Crippen molar-refractivity contribution in [1.82, 2.24) is 20.1 Å². The number of alkyl halides is 3. The van der Waals surface area contributed by atoms with Gasteiger partial charge in [0.05, 0.1) is 23.8 Å². The molecule has 9 nitrogen and oxygen atoms in total. The van der Waals surface area contributed by atoms with Crippen molar-refractivity contribution < 1.29 is 31.0 Å². The van der Waals surface area contributed by atoms with Crippen LogP contribution >= 0.6 is 11.6 Å². The second-order valence-electron chi connectivity index (χ2n) is 7.09. The van der Waals surface area contributed by atoms with Gasteiger partial charge in [-0.2, -0.15) is 22.5 Å². The van der Waals surface area contributed by atoms with Gasteiger partial charge >= 0.3 is 17.5 Å². The van der Waals surface area contributed by atoms with Gasteiger partial charge in [-0.3, -0.25) is 9.35 Å². The highest BCUT2D eigenvalue weighted by Crippen LogP contribution is 2.30. The van der Waals surface area contributed by atoms with Crippen molar-refractivity contribution in [2.75, 3.05) is 12.1 Å². The van der Waals surface area contributed by atoms with E-state index in [-0.39, 0.29) is 18.1 Å². The summed E-state index contributed by atoms with van der Waals surface area (Å²) in [7, 11) is 1.38. The summed E-state index contributed by atoms with van der Waals surface area (Å²) >= 11 is 3.44. The lowest BCUT2D eigenvalue weighted by atomic mass is 10.0. The van der Waals surface area contributed by atoms with Crippen molar-refractivity contribution in [3.63, 3.8) is 0 Å². The number of anilines is 1. The van der Waals surface area contributed by atoms with Crippen molar-refractivity contribution >= 4 is 34.7 Å². The second-order valence-corrected chi connectivity index (χ2v) is 8.11. The van der Waals surface area contributed by atoms with Gasteiger partial charge < -0.3 is 5.32 Å². The zero-order valence-electron chi connectivity index (χ0n) is 17.8. The van der Waals surface area contributed by atoms with E-state index in [0.717, 1.165) is 15.8 Å². The molecule has 0 spiro atoms. The van der Waals surface area contributed by atoms with E-state index in [4.69, 9.17) is 16.2 Å². The highest BCUT2D eigenvalue weighted by atomic mass is 35.5. The lowest BCUT2D eigenvalue weighted by molar-refractivity contribution is -0.141. The zero-order chi connectivity index (χ0) is 25.0. The molecule has 3 aromatic rings. The van der Waals surface area contributed by atoms with Crippen LogP contribution in [0.4, 0.5) is 19.0 Å². The van der Waals surface area contributed by atoms with Crippen LogP contribution in [0.1, 0.15) is 29.8 Å². The molecule has 34 heavy (non-hydrogen) atoms. The van der Waals surface area contributed by atoms with Crippen LogP contribution in [0.25, 0.3) is 5.69 Å². The Bertz CT molecular complexity index is 1190. The molecule has 0 radical (unpaired) electrons. The first kappa shape index (κ1) is 25.6. The molecule has 3 rings (SSSR count).